The lowest BCUT2D eigenvalue weighted by atomic mass is 10.1. The molecule has 2 aromatic carbocycles. The van der Waals surface area contributed by atoms with Crippen molar-refractivity contribution < 1.29 is 19.0 Å². The van der Waals surface area contributed by atoms with Gasteiger partial charge in [-0.15, -0.1) is 11.3 Å². The minimum absolute atomic E-state index is 0.141. The van der Waals surface area contributed by atoms with Gasteiger partial charge in [-0.3, -0.25) is 10.2 Å². The Labute approximate surface area is 185 Å². The predicted molar refractivity (Wildman–Crippen MR) is 122 cm³/mol. The largest absolute Gasteiger partial charge is 0.493 e. The number of carbonyl (C=O) groups is 1. The fourth-order valence-corrected chi connectivity index (χ4v) is 3.52. The highest BCUT2D eigenvalue weighted by atomic mass is 32.1. The minimum Gasteiger partial charge on any atom is -0.493 e. The van der Waals surface area contributed by atoms with E-state index in [0.29, 0.717) is 35.5 Å². The highest BCUT2D eigenvalue weighted by molar-refractivity contribution is 7.13. The van der Waals surface area contributed by atoms with Crippen LogP contribution in [0.15, 0.2) is 52.9 Å². The van der Waals surface area contributed by atoms with Gasteiger partial charge in [-0.05, 0) is 31.5 Å². The maximum Gasteiger partial charge on any atom is 0.311 e. The van der Waals surface area contributed by atoms with Crippen LogP contribution in [0.1, 0.15) is 29.3 Å². The monoisotopic (exact) mass is 439 g/mol. The molecule has 0 radical (unpaired) electrons. The van der Waals surface area contributed by atoms with E-state index in [-0.39, 0.29) is 12.4 Å². The zero-order valence-corrected chi connectivity index (χ0v) is 18.6. The Kier molecular flexibility index (Phi) is 8.00. The highest BCUT2D eigenvalue weighted by Crippen LogP contribution is 2.31. The summed E-state index contributed by atoms with van der Waals surface area (Å²) < 4.78 is 16.5. The summed E-state index contributed by atoms with van der Waals surface area (Å²) in [7, 11) is 1.61. The van der Waals surface area contributed by atoms with Crippen LogP contribution in [0.4, 0.5) is 5.13 Å². The van der Waals surface area contributed by atoms with Gasteiger partial charge in [0.2, 0.25) is 5.13 Å². The van der Waals surface area contributed by atoms with E-state index in [9.17, 15) is 4.79 Å². The summed E-state index contributed by atoms with van der Waals surface area (Å²) in [5.74, 6) is 0.941. The van der Waals surface area contributed by atoms with E-state index < -0.39 is 0 Å². The first-order valence-corrected chi connectivity index (χ1v) is 10.7. The molecule has 0 saturated carbocycles. The van der Waals surface area contributed by atoms with Gasteiger partial charge in [0.1, 0.15) is 6.61 Å². The molecule has 0 spiro atoms. The summed E-state index contributed by atoms with van der Waals surface area (Å²) in [6.45, 7) is 4.60. The molecule has 0 aliphatic carbocycles. The van der Waals surface area contributed by atoms with Crippen LogP contribution in [0.25, 0.3) is 0 Å². The second kappa shape index (κ2) is 11.1. The molecule has 1 aromatic heterocycles. The van der Waals surface area contributed by atoms with Gasteiger partial charge >= 0.3 is 5.97 Å². The number of rotatable bonds is 10. The smallest absolute Gasteiger partial charge is 0.311 e. The molecule has 3 aromatic rings. The van der Waals surface area contributed by atoms with Gasteiger partial charge in [0.15, 0.2) is 11.5 Å². The lowest BCUT2D eigenvalue weighted by molar-refractivity contribution is -0.142. The Morgan fingerprint density at radius 2 is 2.10 bits per heavy atom. The molecule has 0 saturated heterocycles. The van der Waals surface area contributed by atoms with Gasteiger partial charge < -0.3 is 14.2 Å². The van der Waals surface area contributed by atoms with Gasteiger partial charge in [0, 0.05) is 10.9 Å². The van der Waals surface area contributed by atoms with Crippen LogP contribution in [-0.4, -0.2) is 30.9 Å². The van der Waals surface area contributed by atoms with Crippen molar-refractivity contribution in [3.05, 3.63) is 70.2 Å². The number of anilines is 1. The van der Waals surface area contributed by atoms with E-state index in [1.165, 1.54) is 16.9 Å². The molecule has 7 nitrogen and oxygen atoms in total. The highest BCUT2D eigenvalue weighted by Gasteiger charge is 2.11. The first-order chi connectivity index (χ1) is 15.1. The number of benzene rings is 2. The summed E-state index contributed by atoms with van der Waals surface area (Å²) in [6.07, 6.45) is 1.79. The van der Waals surface area contributed by atoms with Crippen LogP contribution in [-0.2, 0) is 22.6 Å². The topological polar surface area (TPSA) is 82.0 Å². The normalized spacial score (nSPS) is 10.8. The van der Waals surface area contributed by atoms with Crippen LogP contribution in [0.5, 0.6) is 11.5 Å². The number of hydrogen-bond donors (Lipinski definition) is 1. The van der Waals surface area contributed by atoms with Crippen LogP contribution in [0.2, 0.25) is 0 Å². The van der Waals surface area contributed by atoms with Crippen molar-refractivity contribution in [3.8, 4) is 11.5 Å². The number of esters is 1. The Bertz CT molecular complexity index is 1050. The van der Waals surface area contributed by atoms with Crippen molar-refractivity contribution in [1.29, 1.82) is 0 Å². The van der Waals surface area contributed by atoms with E-state index in [4.69, 9.17) is 14.2 Å². The molecule has 0 bridgehead atoms. The molecular formula is C23H25N3O4S. The van der Waals surface area contributed by atoms with E-state index in [1.54, 1.807) is 25.6 Å². The fraction of sp³-hybridized carbons (Fsp3) is 0.261. The number of nitrogens with one attached hydrogen (secondary N) is 1. The minimum atomic E-state index is -0.297. The number of hydrazone groups is 1. The third-order valence-corrected chi connectivity index (χ3v) is 5.04. The molecule has 8 heteroatoms. The van der Waals surface area contributed by atoms with E-state index in [0.717, 1.165) is 11.1 Å². The molecule has 0 fully saturated rings. The van der Waals surface area contributed by atoms with E-state index in [2.05, 4.69) is 21.6 Å². The van der Waals surface area contributed by atoms with Crippen molar-refractivity contribution in [2.24, 2.45) is 5.10 Å². The van der Waals surface area contributed by atoms with Gasteiger partial charge in [-0.1, -0.05) is 35.9 Å². The average molecular weight is 440 g/mol. The molecular weight excluding hydrogens is 414 g/mol. The Balaban J connectivity index is 1.67. The fourth-order valence-electron chi connectivity index (χ4n) is 2.86. The molecule has 1 N–H and O–H groups in total. The zero-order valence-electron chi connectivity index (χ0n) is 17.8. The standard InChI is InChI=1S/C23H25N3O4S/c1-4-29-21(27)12-19-15-31-23(25-19)26-24-13-18-9-6-10-20(28-3)22(18)30-14-17-8-5-7-16(2)11-17/h5-11,13,15H,4,12,14H2,1-3H3,(H,25,26). The number of aryl methyl sites for hydroxylation is 1. The second-order valence-corrected chi connectivity index (χ2v) is 7.51. The number of para-hydroxylation sites is 1. The first kappa shape index (κ1) is 22.3. The number of carbonyl (C=O) groups excluding carboxylic acids is 1. The van der Waals surface area contributed by atoms with Gasteiger partial charge in [0.05, 0.1) is 32.0 Å². The molecule has 1 heterocycles. The number of nitrogens with zero attached hydrogens (tertiary/aromatic N) is 2. The summed E-state index contributed by atoms with van der Waals surface area (Å²) in [4.78, 5) is 15.9. The molecule has 0 aliphatic heterocycles. The Morgan fingerprint density at radius 1 is 1.26 bits per heavy atom. The van der Waals surface area contributed by atoms with Gasteiger partial charge in [-0.2, -0.15) is 5.10 Å². The lowest BCUT2D eigenvalue weighted by Gasteiger charge is -2.13. The van der Waals surface area contributed by atoms with Crippen LogP contribution >= 0.6 is 11.3 Å². The molecule has 31 heavy (non-hydrogen) atoms. The number of ether oxygens (including phenoxy) is 3. The predicted octanol–water partition coefficient (Wildman–Crippen LogP) is 4.59. The van der Waals surface area contributed by atoms with E-state index >= 15 is 0 Å². The number of hydrogen-bond acceptors (Lipinski definition) is 8. The molecule has 162 valence electrons. The van der Waals surface area contributed by atoms with Crippen molar-refractivity contribution >= 4 is 28.7 Å². The van der Waals surface area contributed by atoms with Gasteiger partial charge in [0.25, 0.3) is 0 Å². The molecule has 0 unspecified atom stereocenters. The quantitative estimate of drug-likeness (QED) is 0.283. The molecule has 3 rings (SSSR count). The van der Waals surface area contributed by atoms with Crippen molar-refractivity contribution in [3.63, 3.8) is 0 Å². The van der Waals surface area contributed by atoms with E-state index in [1.807, 2.05) is 43.3 Å². The Hall–Kier alpha value is -3.39. The summed E-state index contributed by atoms with van der Waals surface area (Å²) >= 11 is 1.37. The third-order valence-electron chi connectivity index (χ3n) is 4.24. The van der Waals surface area contributed by atoms with Crippen LogP contribution in [0.3, 0.4) is 0 Å². The summed E-state index contributed by atoms with van der Waals surface area (Å²) in [5.41, 5.74) is 6.55. The van der Waals surface area contributed by atoms with Crippen molar-refractivity contribution in [1.82, 2.24) is 4.98 Å². The third kappa shape index (κ3) is 6.55. The maximum absolute atomic E-state index is 11.6. The summed E-state index contributed by atoms with van der Waals surface area (Å²) in [5, 5.41) is 6.65. The van der Waals surface area contributed by atoms with Crippen LogP contribution in [0, 0.1) is 6.92 Å². The van der Waals surface area contributed by atoms with Crippen LogP contribution < -0.4 is 14.9 Å². The molecule has 0 atom stereocenters. The van der Waals surface area contributed by atoms with Crippen molar-refractivity contribution in [2.75, 3.05) is 19.1 Å². The zero-order chi connectivity index (χ0) is 22.1. The lowest BCUT2D eigenvalue weighted by Crippen LogP contribution is -2.07. The average Bonchev–Trinajstić information content (AvgIpc) is 3.19. The second-order valence-electron chi connectivity index (χ2n) is 6.65. The maximum atomic E-state index is 11.6. The number of methoxy groups -OCH3 is 1. The number of thiazole rings is 1. The van der Waals surface area contributed by atoms with Crippen molar-refractivity contribution in [2.45, 2.75) is 26.9 Å². The summed E-state index contributed by atoms with van der Waals surface area (Å²) in [6, 6.07) is 13.8. The molecule has 0 aliphatic rings. The SMILES string of the molecule is CCOC(=O)Cc1csc(NN=Cc2cccc(OC)c2OCc2cccc(C)c2)n1. The molecule has 0 amide bonds. The first-order valence-electron chi connectivity index (χ1n) is 9.83. The van der Waals surface area contributed by atoms with Gasteiger partial charge in [-0.25, -0.2) is 4.98 Å². The number of aromatic nitrogens is 1. The Morgan fingerprint density at radius 3 is 2.87 bits per heavy atom.